The van der Waals surface area contributed by atoms with Gasteiger partial charge in [-0.2, -0.15) is 0 Å². The Labute approximate surface area is 133 Å². The summed E-state index contributed by atoms with van der Waals surface area (Å²) in [5.74, 6) is 1.04. The normalized spacial score (nSPS) is 23.7. The van der Waals surface area contributed by atoms with Crippen LogP contribution in [0.15, 0.2) is 24.3 Å². The molecule has 22 heavy (non-hydrogen) atoms. The van der Waals surface area contributed by atoms with Gasteiger partial charge in [0.15, 0.2) is 0 Å². The Morgan fingerprint density at radius 2 is 1.82 bits per heavy atom. The van der Waals surface area contributed by atoms with Crippen molar-refractivity contribution in [3.63, 3.8) is 0 Å². The zero-order valence-electron chi connectivity index (χ0n) is 13.6. The second kappa shape index (κ2) is 6.69. The van der Waals surface area contributed by atoms with Gasteiger partial charge in [-0.3, -0.25) is 9.69 Å². The lowest BCUT2D eigenvalue weighted by molar-refractivity contribution is -0.134. The Kier molecular flexibility index (Phi) is 4.67. The zero-order chi connectivity index (χ0) is 15.5. The predicted molar refractivity (Wildman–Crippen MR) is 87.0 cm³/mol. The number of amides is 1. The Hall–Kier alpha value is -1.55. The molecule has 0 N–H and O–H groups in total. The van der Waals surface area contributed by atoms with Crippen LogP contribution in [0.5, 0.6) is 5.75 Å². The van der Waals surface area contributed by atoms with Crippen LogP contribution in [-0.2, 0) is 4.79 Å². The number of ether oxygens (including phenoxy) is 1. The second-order valence-electron chi connectivity index (χ2n) is 6.43. The van der Waals surface area contributed by atoms with Crippen molar-refractivity contribution in [2.75, 3.05) is 26.7 Å². The average Bonchev–Trinajstić information content (AvgIpc) is 3.09. The molecule has 1 aliphatic carbocycles. The summed E-state index contributed by atoms with van der Waals surface area (Å²) in [5, 5.41) is 0. The van der Waals surface area contributed by atoms with Crippen molar-refractivity contribution in [3.05, 3.63) is 29.8 Å². The molecule has 120 valence electrons. The number of nitrogens with zero attached hydrogens (tertiary/aromatic N) is 2. The van der Waals surface area contributed by atoms with E-state index in [1.165, 1.54) is 31.2 Å². The van der Waals surface area contributed by atoms with Crippen LogP contribution < -0.4 is 4.74 Å². The maximum absolute atomic E-state index is 12.0. The van der Waals surface area contributed by atoms with Gasteiger partial charge >= 0.3 is 0 Å². The summed E-state index contributed by atoms with van der Waals surface area (Å²) in [7, 11) is 1.68. The molecular formula is C18H26N2O2. The molecule has 4 heteroatoms. The molecule has 0 bridgehead atoms. The van der Waals surface area contributed by atoms with Crippen molar-refractivity contribution in [3.8, 4) is 5.75 Å². The van der Waals surface area contributed by atoms with Crippen LogP contribution in [0.3, 0.4) is 0 Å². The number of hydrogen-bond donors (Lipinski definition) is 0. The maximum Gasteiger partial charge on any atom is 0.220 e. The molecule has 1 saturated heterocycles. The molecule has 1 aromatic rings. The topological polar surface area (TPSA) is 32.8 Å². The molecule has 1 aliphatic heterocycles. The number of rotatable bonds is 3. The first-order valence-electron chi connectivity index (χ1n) is 8.34. The van der Waals surface area contributed by atoms with Crippen LogP contribution >= 0.6 is 0 Å². The standard InChI is InChI=1S/C18H26N2O2/c1-14(21)20-12-11-19(16-5-3-4-6-16)13-18(20)15-7-9-17(22-2)10-8-15/h7-10,16,18H,3-6,11-13H2,1-2H3. The Bertz CT molecular complexity index is 508. The van der Waals surface area contributed by atoms with Gasteiger partial charge in [-0.05, 0) is 30.5 Å². The number of methoxy groups -OCH3 is 1. The van der Waals surface area contributed by atoms with Gasteiger partial charge in [-0.25, -0.2) is 0 Å². The molecule has 2 fully saturated rings. The highest BCUT2D eigenvalue weighted by Crippen LogP contribution is 2.31. The Balaban J connectivity index is 1.79. The van der Waals surface area contributed by atoms with Gasteiger partial charge in [0.25, 0.3) is 0 Å². The van der Waals surface area contributed by atoms with Gasteiger partial charge in [0.1, 0.15) is 5.75 Å². The minimum Gasteiger partial charge on any atom is -0.497 e. The third kappa shape index (κ3) is 3.12. The monoisotopic (exact) mass is 302 g/mol. The highest BCUT2D eigenvalue weighted by atomic mass is 16.5. The molecule has 0 radical (unpaired) electrons. The molecule has 1 saturated carbocycles. The summed E-state index contributed by atoms with van der Waals surface area (Å²) in [6.07, 6.45) is 5.33. The van der Waals surface area contributed by atoms with E-state index in [0.29, 0.717) is 0 Å². The molecule has 2 aliphatic rings. The summed E-state index contributed by atoms with van der Waals surface area (Å²) in [6.45, 7) is 4.48. The lowest BCUT2D eigenvalue weighted by atomic mass is 10.0. The summed E-state index contributed by atoms with van der Waals surface area (Å²) >= 11 is 0. The van der Waals surface area contributed by atoms with Crippen molar-refractivity contribution in [2.24, 2.45) is 0 Å². The quantitative estimate of drug-likeness (QED) is 0.861. The van der Waals surface area contributed by atoms with E-state index in [4.69, 9.17) is 4.74 Å². The van der Waals surface area contributed by atoms with E-state index in [1.54, 1.807) is 14.0 Å². The number of carbonyl (C=O) groups is 1. The molecule has 1 heterocycles. The summed E-state index contributed by atoms with van der Waals surface area (Å²) in [5.41, 5.74) is 1.21. The van der Waals surface area contributed by atoms with Gasteiger partial charge in [0, 0.05) is 32.6 Å². The molecule has 3 rings (SSSR count). The lowest BCUT2D eigenvalue weighted by Crippen LogP contribution is -2.52. The SMILES string of the molecule is COc1ccc(C2CN(C3CCCC3)CCN2C(C)=O)cc1. The lowest BCUT2D eigenvalue weighted by Gasteiger charge is -2.43. The number of piperazine rings is 1. The Morgan fingerprint density at radius 3 is 2.41 bits per heavy atom. The number of benzene rings is 1. The minimum absolute atomic E-state index is 0.165. The molecule has 1 atom stereocenters. The van der Waals surface area contributed by atoms with Crippen LogP contribution in [0.25, 0.3) is 0 Å². The van der Waals surface area contributed by atoms with Gasteiger partial charge in [-0.1, -0.05) is 25.0 Å². The van der Waals surface area contributed by atoms with Crippen molar-refractivity contribution in [2.45, 2.75) is 44.7 Å². The predicted octanol–water partition coefficient (Wildman–Crippen LogP) is 2.84. The van der Waals surface area contributed by atoms with E-state index in [9.17, 15) is 4.79 Å². The van der Waals surface area contributed by atoms with Crippen LogP contribution in [0.4, 0.5) is 0 Å². The van der Waals surface area contributed by atoms with Crippen LogP contribution in [0.1, 0.15) is 44.2 Å². The fourth-order valence-electron chi connectivity index (χ4n) is 3.89. The van der Waals surface area contributed by atoms with Crippen molar-refractivity contribution >= 4 is 5.91 Å². The highest BCUT2D eigenvalue weighted by Gasteiger charge is 2.33. The van der Waals surface area contributed by atoms with Crippen molar-refractivity contribution in [1.29, 1.82) is 0 Å². The highest BCUT2D eigenvalue weighted by molar-refractivity contribution is 5.74. The van der Waals surface area contributed by atoms with E-state index in [1.807, 2.05) is 17.0 Å². The first kappa shape index (κ1) is 15.3. The van der Waals surface area contributed by atoms with E-state index in [-0.39, 0.29) is 11.9 Å². The second-order valence-corrected chi connectivity index (χ2v) is 6.43. The molecule has 1 aromatic carbocycles. The van der Waals surface area contributed by atoms with E-state index in [0.717, 1.165) is 31.4 Å². The minimum atomic E-state index is 0.165. The van der Waals surface area contributed by atoms with Crippen molar-refractivity contribution in [1.82, 2.24) is 9.80 Å². The third-order valence-electron chi connectivity index (χ3n) is 5.16. The van der Waals surface area contributed by atoms with Crippen LogP contribution in [0, 0.1) is 0 Å². The fourth-order valence-corrected chi connectivity index (χ4v) is 3.89. The molecule has 1 unspecified atom stereocenters. The Morgan fingerprint density at radius 1 is 1.14 bits per heavy atom. The number of hydrogen-bond acceptors (Lipinski definition) is 3. The fraction of sp³-hybridized carbons (Fsp3) is 0.611. The van der Waals surface area contributed by atoms with Crippen LogP contribution in [-0.4, -0.2) is 48.5 Å². The smallest absolute Gasteiger partial charge is 0.220 e. The van der Waals surface area contributed by atoms with Gasteiger partial charge in [-0.15, -0.1) is 0 Å². The first-order chi connectivity index (χ1) is 10.7. The summed E-state index contributed by atoms with van der Waals surface area (Å²) < 4.78 is 5.24. The molecular weight excluding hydrogens is 276 g/mol. The first-order valence-corrected chi connectivity index (χ1v) is 8.34. The molecule has 4 nitrogen and oxygen atoms in total. The average molecular weight is 302 g/mol. The molecule has 0 aromatic heterocycles. The van der Waals surface area contributed by atoms with Gasteiger partial charge < -0.3 is 9.64 Å². The number of carbonyl (C=O) groups excluding carboxylic acids is 1. The van der Waals surface area contributed by atoms with E-state index >= 15 is 0 Å². The van der Waals surface area contributed by atoms with E-state index < -0.39 is 0 Å². The summed E-state index contributed by atoms with van der Waals surface area (Å²) in [6, 6.07) is 9.05. The largest absolute Gasteiger partial charge is 0.497 e. The van der Waals surface area contributed by atoms with Gasteiger partial charge in [0.2, 0.25) is 5.91 Å². The van der Waals surface area contributed by atoms with Crippen molar-refractivity contribution < 1.29 is 9.53 Å². The summed E-state index contributed by atoms with van der Waals surface area (Å²) in [4.78, 5) is 16.6. The zero-order valence-corrected chi connectivity index (χ0v) is 13.6. The third-order valence-corrected chi connectivity index (χ3v) is 5.16. The van der Waals surface area contributed by atoms with Gasteiger partial charge in [0.05, 0.1) is 13.2 Å². The van der Waals surface area contributed by atoms with Crippen LogP contribution in [0.2, 0.25) is 0 Å². The molecule has 0 spiro atoms. The van der Waals surface area contributed by atoms with E-state index in [2.05, 4.69) is 17.0 Å². The molecule has 1 amide bonds. The maximum atomic E-state index is 12.0.